The highest BCUT2D eigenvalue weighted by Gasteiger charge is 2.20. The van der Waals surface area contributed by atoms with Gasteiger partial charge in [-0.3, -0.25) is 0 Å². The highest BCUT2D eigenvalue weighted by Crippen LogP contribution is 2.28. The van der Waals surface area contributed by atoms with E-state index in [-0.39, 0.29) is 11.4 Å². The van der Waals surface area contributed by atoms with Crippen molar-refractivity contribution in [3.05, 3.63) is 60.3 Å². The van der Waals surface area contributed by atoms with Gasteiger partial charge in [0, 0.05) is 18.1 Å². The van der Waals surface area contributed by atoms with Crippen molar-refractivity contribution < 1.29 is 13.2 Å². The standard InChI is InChI=1S/C16H16N2O3S/c1-21-13-7-8-16-15(9-13)12(10-17)11-18(16)22(19,20)14-5-3-2-4-6-14/h2-9,11H,10,17H2,1H3. The molecule has 0 unspecified atom stereocenters. The van der Waals surface area contributed by atoms with Crippen LogP contribution in [0.4, 0.5) is 0 Å². The molecule has 0 bridgehead atoms. The van der Waals surface area contributed by atoms with Crippen LogP contribution in [0.2, 0.25) is 0 Å². The molecule has 0 radical (unpaired) electrons. The monoisotopic (exact) mass is 316 g/mol. The molecule has 0 amide bonds. The summed E-state index contributed by atoms with van der Waals surface area (Å²) in [6, 6.07) is 13.6. The summed E-state index contributed by atoms with van der Waals surface area (Å²) in [5.41, 5.74) is 7.10. The molecule has 0 aliphatic rings. The summed E-state index contributed by atoms with van der Waals surface area (Å²) in [6.45, 7) is 0.251. The van der Waals surface area contributed by atoms with Crippen LogP contribution in [0, 0.1) is 0 Å². The van der Waals surface area contributed by atoms with Gasteiger partial charge in [0.25, 0.3) is 10.0 Å². The third kappa shape index (κ3) is 2.26. The van der Waals surface area contributed by atoms with Crippen LogP contribution < -0.4 is 10.5 Å². The minimum Gasteiger partial charge on any atom is -0.497 e. The van der Waals surface area contributed by atoms with Gasteiger partial charge in [0.2, 0.25) is 0 Å². The molecule has 0 atom stereocenters. The summed E-state index contributed by atoms with van der Waals surface area (Å²) in [6.07, 6.45) is 1.58. The van der Waals surface area contributed by atoms with Gasteiger partial charge in [-0.15, -0.1) is 0 Å². The van der Waals surface area contributed by atoms with Crippen LogP contribution in [-0.2, 0) is 16.6 Å². The summed E-state index contributed by atoms with van der Waals surface area (Å²) in [7, 11) is -2.08. The summed E-state index contributed by atoms with van der Waals surface area (Å²) < 4.78 is 32.1. The van der Waals surface area contributed by atoms with Gasteiger partial charge < -0.3 is 10.5 Å². The number of nitrogens with two attached hydrogens (primary N) is 1. The Morgan fingerprint density at radius 1 is 1.14 bits per heavy atom. The third-order valence-corrected chi connectivity index (χ3v) is 5.27. The molecule has 0 aliphatic heterocycles. The van der Waals surface area contributed by atoms with Crippen molar-refractivity contribution in [1.82, 2.24) is 3.97 Å². The Bertz CT molecular complexity index is 915. The topological polar surface area (TPSA) is 74.3 Å². The van der Waals surface area contributed by atoms with Crippen LogP contribution in [0.3, 0.4) is 0 Å². The molecule has 0 aliphatic carbocycles. The Morgan fingerprint density at radius 3 is 2.50 bits per heavy atom. The first-order chi connectivity index (χ1) is 10.6. The lowest BCUT2D eigenvalue weighted by Gasteiger charge is -2.07. The largest absolute Gasteiger partial charge is 0.497 e. The van der Waals surface area contributed by atoms with Crippen molar-refractivity contribution in [3.8, 4) is 5.75 Å². The zero-order chi connectivity index (χ0) is 15.7. The first-order valence-corrected chi connectivity index (χ1v) is 8.20. The number of hydrogen-bond acceptors (Lipinski definition) is 4. The van der Waals surface area contributed by atoms with Crippen LogP contribution in [0.15, 0.2) is 59.6 Å². The zero-order valence-electron chi connectivity index (χ0n) is 12.1. The summed E-state index contributed by atoms with van der Waals surface area (Å²) >= 11 is 0. The molecule has 2 N–H and O–H groups in total. The number of fused-ring (bicyclic) bond motifs is 1. The number of hydrogen-bond donors (Lipinski definition) is 1. The number of ether oxygens (including phenoxy) is 1. The highest BCUT2D eigenvalue weighted by molar-refractivity contribution is 7.90. The van der Waals surface area contributed by atoms with E-state index in [2.05, 4.69) is 0 Å². The molecule has 5 nitrogen and oxygen atoms in total. The third-order valence-electron chi connectivity index (χ3n) is 3.58. The second kappa shape index (κ2) is 5.47. The van der Waals surface area contributed by atoms with Crippen LogP contribution in [0.25, 0.3) is 10.9 Å². The van der Waals surface area contributed by atoms with Crippen molar-refractivity contribution in [2.45, 2.75) is 11.4 Å². The predicted molar refractivity (Wildman–Crippen MR) is 85.4 cm³/mol. The Kier molecular flexibility index (Phi) is 3.64. The van der Waals surface area contributed by atoms with E-state index < -0.39 is 10.0 Å². The van der Waals surface area contributed by atoms with Gasteiger partial charge in [0.1, 0.15) is 5.75 Å². The SMILES string of the molecule is COc1ccc2c(c1)c(CN)cn2S(=O)(=O)c1ccccc1. The van der Waals surface area contributed by atoms with E-state index in [1.807, 2.05) is 0 Å². The normalized spacial score (nSPS) is 11.7. The van der Waals surface area contributed by atoms with Crippen molar-refractivity contribution in [3.63, 3.8) is 0 Å². The first-order valence-electron chi connectivity index (χ1n) is 6.76. The number of methoxy groups -OCH3 is 1. The zero-order valence-corrected chi connectivity index (χ0v) is 12.9. The maximum absolute atomic E-state index is 12.8. The Morgan fingerprint density at radius 2 is 1.86 bits per heavy atom. The van der Waals surface area contributed by atoms with Crippen molar-refractivity contribution in [1.29, 1.82) is 0 Å². The van der Waals surface area contributed by atoms with Gasteiger partial charge in [-0.2, -0.15) is 0 Å². The number of nitrogens with zero attached hydrogens (tertiary/aromatic N) is 1. The van der Waals surface area contributed by atoms with E-state index in [0.29, 0.717) is 11.3 Å². The van der Waals surface area contributed by atoms with E-state index >= 15 is 0 Å². The van der Waals surface area contributed by atoms with Crippen LogP contribution in [0.5, 0.6) is 5.75 Å². The number of aromatic nitrogens is 1. The van der Waals surface area contributed by atoms with Crippen LogP contribution in [-0.4, -0.2) is 19.5 Å². The average molecular weight is 316 g/mol. The van der Waals surface area contributed by atoms with E-state index in [1.165, 1.54) is 3.97 Å². The van der Waals surface area contributed by atoms with E-state index in [0.717, 1.165) is 10.9 Å². The lowest BCUT2D eigenvalue weighted by atomic mass is 10.2. The summed E-state index contributed by atoms with van der Waals surface area (Å²) in [5, 5.41) is 0.779. The second-order valence-electron chi connectivity index (χ2n) is 4.86. The van der Waals surface area contributed by atoms with Crippen LogP contribution >= 0.6 is 0 Å². The predicted octanol–water partition coefficient (Wildman–Crippen LogP) is 2.35. The molecule has 3 aromatic rings. The number of rotatable bonds is 4. The fourth-order valence-corrected chi connectivity index (χ4v) is 3.85. The van der Waals surface area contributed by atoms with E-state index in [1.54, 1.807) is 61.8 Å². The molecule has 0 spiro atoms. The molecule has 0 saturated carbocycles. The van der Waals surface area contributed by atoms with Crippen molar-refractivity contribution in [2.24, 2.45) is 5.73 Å². The fourth-order valence-electron chi connectivity index (χ4n) is 2.44. The van der Waals surface area contributed by atoms with E-state index in [4.69, 9.17) is 10.5 Å². The molecule has 22 heavy (non-hydrogen) atoms. The van der Waals surface area contributed by atoms with Gasteiger partial charge in [-0.1, -0.05) is 18.2 Å². The molecule has 114 valence electrons. The Balaban J connectivity index is 2.28. The van der Waals surface area contributed by atoms with E-state index in [9.17, 15) is 8.42 Å². The number of benzene rings is 2. The molecule has 1 heterocycles. The average Bonchev–Trinajstić information content (AvgIpc) is 2.94. The molecular weight excluding hydrogens is 300 g/mol. The Labute approximate surface area is 129 Å². The first kappa shape index (κ1) is 14.6. The lowest BCUT2D eigenvalue weighted by molar-refractivity contribution is 0.415. The molecular formula is C16H16N2O3S. The maximum atomic E-state index is 12.8. The summed E-state index contributed by atoms with van der Waals surface area (Å²) in [4.78, 5) is 0.242. The molecule has 2 aromatic carbocycles. The van der Waals surface area contributed by atoms with Gasteiger partial charge in [0.05, 0.1) is 17.5 Å². The fraction of sp³-hybridized carbons (Fsp3) is 0.125. The van der Waals surface area contributed by atoms with Gasteiger partial charge in [0.15, 0.2) is 0 Å². The molecule has 3 rings (SSSR count). The quantitative estimate of drug-likeness (QED) is 0.802. The second-order valence-corrected chi connectivity index (χ2v) is 6.67. The smallest absolute Gasteiger partial charge is 0.268 e. The minimum atomic E-state index is -3.65. The maximum Gasteiger partial charge on any atom is 0.268 e. The molecule has 6 heteroatoms. The molecule has 0 fully saturated rings. The van der Waals surface area contributed by atoms with Gasteiger partial charge in [-0.25, -0.2) is 12.4 Å². The van der Waals surface area contributed by atoms with Crippen LogP contribution in [0.1, 0.15) is 5.56 Å². The molecule has 1 aromatic heterocycles. The van der Waals surface area contributed by atoms with Crippen molar-refractivity contribution >= 4 is 20.9 Å². The minimum absolute atomic E-state index is 0.242. The van der Waals surface area contributed by atoms with Gasteiger partial charge in [-0.05, 0) is 35.9 Å². The lowest BCUT2D eigenvalue weighted by Crippen LogP contribution is -2.11. The van der Waals surface area contributed by atoms with Gasteiger partial charge >= 0.3 is 0 Å². The summed E-state index contributed by atoms with van der Waals surface area (Å²) in [5.74, 6) is 0.664. The Hall–Kier alpha value is -2.31. The molecule has 0 saturated heterocycles. The van der Waals surface area contributed by atoms with Crippen molar-refractivity contribution in [2.75, 3.05) is 7.11 Å². The highest BCUT2D eigenvalue weighted by atomic mass is 32.2.